The SMILES string of the molecule is COCCN(CCOC)C(=O)N[C@H]1CC(=O)N(c2ccc(C)cc2)C1. The summed E-state index contributed by atoms with van der Waals surface area (Å²) in [6, 6.07) is 7.42. The van der Waals surface area contributed by atoms with Gasteiger partial charge in [-0.05, 0) is 19.1 Å². The van der Waals surface area contributed by atoms with E-state index in [0.717, 1.165) is 11.3 Å². The average Bonchev–Trinajstić information content (AvgIpc) is 2.96. The number of nitrogens with one attached hydrogen (secondary N) is 1. The Labute approximate surface area is 148 Å². The molecule has 1 aliphatic rings. The molecule has 1 N–H and O–H groups in total. The number of rotatable bonds is 8. The predicted octanol–water partition coefficient (Wildman–Crippen LogP) is 1.40. The number of benzene rings is 1. The lowest BCUT2D eigenvalue weighted by molar-refractivity contribution is -0.117. The molecule has 0 spiro atoms. The standard InChI is InChI=1S/C18H27N3O4/c1-14-4-6-16(7-5-14)21-13-15(12-17(21)22)19-18(23)20(8-10-24-2)9-11-25-3/h4-7,15H,8-13H2,1-3H3,(H,19,23)/t15-/m0/s1. The quantitative estimate of drug-likeness (QED) is 0.770. The second kappa shape index (κ2) is 9.39. The first-order valence-electron chi connectivity index (χ1n) is 8.45. The number of aryl methyl sites for hydroxylation is 1. The zero-order valence-electron chi connectivity index (χ0n) is 15.2. The van der Waals surface area contributed by atoms with E-state index in [0.29, 0.717) is 39.3 Å². The third kappa shape index (κ3) is 5.44. The first-order chi connectivity index (χ1) is 12.0. The highest BCUT2D eigenvalue weighted by atomic mass is 16.5. The van der Waals surface area contributed by atoms with Gasteiger partial charge >= 0.3 is 6.03 Å². The lowest BCUT2D eigenvalue weighted by atomic mass is 10.2. The van der Waals surface area contributed by atoms with Crippen LogP contribution in [0, 0.1) is 6.92 Å². The highest BCUT2D eigenvalue weighted by molar-refractivity contribution is 5.96. The van der Waals surface area contributed by atoms with Crippen LogP contribution in [-0.2, 0) is 14.3 Å². The molecule has 0 aliphatic carbocycles. The van der Waals surface area contributed by atoms with Crippen molar-refractivity contribution in [2.75, 3.05) is 52.0 Å². The average molecular weight is 349 g/mol. The van der Waals surface area contributed by atoms with E-state index in [2.05, 4.69) is 5.32 Å². The van der Waals surface area contributed by atoms with E-state index >= 15 is 0 Å². The largest absolute Gasteiger partial charge is 0.383 e. The van der Waals surface area contributed by atoms with E-state index in [1.165, 1.54) is 0 Å². The Balaban J connectivity index is 1.94. The highest BCUT2D eigenvalue weighted by Crippen LogP contribution is 2.22. The van der Waals surface area contributed by atoms with Gasteiger partial charge in [-0.1, -0.05) is 17.7 Å². The maximum absolute atomic E-state index is 12.5. The first kappa shape index (κ1) is 19.2. The molecular formula is C18H27N3O4. The molecule has 0 saturated carbocycles. The van der Waals surface area contributed by atoms with Crippen LogP contribution in [0.4, 0.5) is 10.5 Å². The van der Waals surface area contributed by atoms with Gasteiger partial charge in [0.1, 0.15) is 0 Å². The van der Waals surface area contributed by atoms with Crippen molar-refractivity contribution in [2.24, 2.45) is 0 Å². The minimum Gasteiger partial charge on any atom is -0.383 e. The number of nitrogens with zero attached hydrogens (tertiary/aromatic N) is 2. The van der Waals surface area contributed by atoms with Crippen molar-refractivity contribution in [1.82, 2.24) is 10.2 Å². The molecule has 7 nitrogen and oxygen atoms in total. The molecule has 1 fully saturated rings. The fourth-order valence-corrected chi connectivity index (χ4v) is 2.76. The molecule has 1 heterocycles. The molecule has 1 atom stereocenters. The van der Waals surface area contributed by atoms with Crippen molar-refractivity contribution >= 4 is 17.6 Å². The Morgan fingerprint density at radius 1 is 1.20 bits per heavy atom. The van der Waals surface area contributed by atoms with Crippen molar-refractivity contribution in [3.63, 3.8) is 0 Å². The number of hydrogen-bond acceptors (Lipinski definition) is 4. The molecule has 0 bridgehead atoms. The Hall–Kier alpha value is -2.12. The molecule has 25 heavy (non-hydrogen) atoms. The van der Waals surface area contributed by atoms with Gasteiger partial charge in [0.15, 0.2) is 0 Å². The summed E-state index contributed by atoms with van der Waals surface area (Å²) in [6.07, 6.45) is 0.308. The normalized spacial score (nSPS) is 17.0. The van der Waals surface area contributed by atoms with Crippen LogP contribution in [-0.4, -0.2) is 69.9 Å². The van der Waals surface area contributed by atoms with E-state index < -0.39 is 0 Å². The fourth-order valence-electron chi connectivity index (χ4n) is 2.76. The molecule has 3 amide bonds. The van der Waals surface area contributed by atoms with Crippen molar-refractivity contribution in [3.8, 4) is 0 Å². The van der Waals surface area contributed by atoms with E-state index in [1.807, 2.05) is 31.2 Å². The van der Waals surface area contributed by atoms with E-state index in [4.69, 9.17) is 9.47 Å². The lowest BCUT2D eigenvalue weighted by Crippen LogP contribution is -2.47. The Morgan fingerprint density at radius 3 is 2.36 bits per heavy atom. The van der Waals surface area contributed by atoms with Crippen molar-refractivity contribution < 1.29 is 19.1 Å². The highest BCUT2D eigenvalue weighted by Gasteiger charge is 2.32. The van der Waals surface area contributed by atoms with Gasteiger partial charge in [-0.25, -0.2) is 4.79 Å². The molecule has 0 radical (unpaired) electrons. The Morgan fingerprint density at radius 2 is 1.80 bits per heavy atom. The van der Waals surface area contributed by atoms with Gasteiger partial charge in [0.25, 0.3) is 0 Å². The van der Waals surface area contributed by atoms with Crippen LogP contribution in [0.5, 0.6) is 0 Å². The zero-order valence-corrected chi connectivity index (χ0v) is 15.2. The van der Waals surface area contributed by atoms with Crippen molar-refractivity contribution in [2.45, 2.75) is 19.4 Å². The summed E-state index contributed by atoms with van der Waals surface area (Å²) < 4.78 is 10.1. The zero-order chi connectivity index (χ0) is 18.2. The van der Waals surface area contributed by atoms with Crippen LogP contribution in [0.1, 0.15) is 12.0 Å². The van der Waals surface area contributed by atoms with Gasteiger partial charge in [-0.2, -0.15) is 0 Å². The molecule has 2 rings (SSSR count). The van der Waals surface area contributed by atoms with Crippen LogP contribution in [0.25, 0.3) is 0 Å². The van der Waals surface area contributed by atoms with Crippen LogP contribution in [0.15, 0.2) is 24.3 Å². The van der Waals surface area contributed by atoms with Crippen LogP contribution in [0.3, 0.4) is 0 Å². The summed E-state index contributed by atoms with van der Waals surface area (Å²) in [4.78, 5) is 28.1. The van der Waals surface area contributed by atoms with E-state index in [1.54, 1.807) is 24.0 Å². The fraction of sp³-hybridized carbons (Fsp3) is 0.556. The second-order valence-corrected chi connectivity index (χ2v) is 6.16. The summed E-state index contributed by atoms with van der Waals surface area (Å²) in [6.45, 7) is 4.36. The van der Waals surface area contributed by atoms with Crippen LogP contribution in [0.2, 0.25) is 0 Å². The summed E-state index contributed by atoms with van der Waals surface area (Å²) in [5.74, 6) is 0.0227. The lowest BCUT2D eigenvalue weighted by Gasteiger charge is -2.24. The van der Waals surface area contributed by atoms with Crippen molar-refractivity contribution in [1.29, 1.82) is 0 Å². The van der Waals surface area contributed by atoms with Gasteiger partial charge in [0.05, 0.1) is 19.3 Å². The molecular weight excluding hydrogens is 322 g/mol. The van der Waals surface area contributed by atoms with Gasteiger partial charge in [0.2, 0.25) is 5.91 Å². The van der Waals surface area contributed by atoms with Gasteiger partial charge in [-0.3, -0.25) is 4.79 Å². The first-order valence-corrected chi connectivity index (χ1v) is 8.45. The van der Waals surface area contributed by atoms with Crippen LogP contribution >= 0.6 is 0 Å². The molecule has 1 aromatic rings. The molecule has 7 heteroatoms. The number of carbonyl (C=O) groups is 2. The van der Waals surface area contributed by atoms with E-state index in [9.17, 15) is 9.59 Å². The molecule has 1 aromatic carbocycles. The summed E-state index contributed by atoms with van der Waals surface area (Å²) >= 11 is 0. The van der Waals surface area contributed by atoms with Crippen molar-refractivity contribution in [3.05, 3.63) is 29.8 Å². The minimum absolute atomic E-state index is 0.0227. The second-order valence-electron chi connectivity index (χ2n) is 6.16. The third-order valence-electron chi connectivity index (χ3n) is 4.22. The summed E-state index contributed by atoms with van der Waals surface area (Å²) in [5.41, 5.74) is 2.01. The number of ether oxygens (including phenoxy) is 2. The number of urea groups is 1. The summed E-state index contributed by atoms with van der Waals surface area (Å²) in [5, 5.41) is 2.95. The Kier molecular flexibility index (Phi) is 7.21. The molecule has 0 unspecified atom stereocenters. The molecule has 1 saturated heterocycles. The predicted molar refractivity (Wildman–Crippen MR) is 95.8 cm³/mol. The monoisotopic (exact) mass is 349 g/mol. The smallest absolute Gasteiger partial charge is 0.317 e. The maximum atomic E-state index is 12.5. The van der Waals surface area contributed by atoms with Gasteiger partial charge < -0.3 is 24.6 Å². The minimum atomic E-state index is -0.200. The number of anilines is 1. The molecule has 1 aliphatic heterocycles. The van der Waals surface area contributed by atoms with Gasteiger partial charge in [0, 0.05) is 46.0 Å². The van der Waals surface area contributed by atoms with Crippen LogP contribution < -0.4 is 10.2 Å². The maximum Gasteiger partial charge on any atom is 0.317 e. The molecule has 138 valence electrons. The number of methoxy groups -OCH3 is 2. The third-order valence-corrected chi connectivity index (χ3v) is 4.22. The summed E-state index contributed by atoms with van der Waals surface area (Å²) in [7, 11) is 3.20. The number of carbonyl (C=O) groups excluding carboxylic acids is 2. The number of hydrogen-bond donors (Lipinski definition) is 1. The van der Waals surface area contributed by atoms with Gasteiger partial charge in [-0.15, -0.1) is 0 Å². The molecule has 0 aromatic heterocycles. The van der Waals surface area contributed by atoms with E-state index in [-0.39, 0.29) is 18.0 Å². The topological polar surface area (TPSA) is 71.1 Å². The Bertz CT molecular complexity index is 568. The number of amides is 3.